The van der Waals surface area contributed by atoms with E-state index in [2.05, 4.69) is 5.32 Å². The van der Waals surface area contributed by atoms with Gasteiger partial charge in [-0.2, -0.15) is 0 Å². The van der Waals surface area contributed by atoms with Crippen LogP contribution in [0.15, 0.2) is 102 Å². The van der Waals surface area contributed by atoms with E-state index in [1.807, 2.05) is 51.1 Å². The Balaban J connectivity index is 1.83. The van der Waals surface area contributed by atoms with Crippen LogP contribution in [0.3, 0.4) is 0 Å². The molecule has 0 aliphatic heterocycles. The van der Waals surface area contributed by atoms with Crippen molar-refractivity contribution in [2.75, 3.05) is 38.2 Å². The van der Waals surface area contributed by atoms with Crippen molar-refractivity contribution in [1.82, 2.24) is 10.2 Å². The van der Waals surface area contributed by atoms with Crippen LogP contribution in [0.1, 0.15) is 31.9 Å². The number of rotatable bonds is 17. The third-order valence-electron chi connectivity index (χ3n) is 7.88. The molecule has 4 aromatic carbocycles. The predicted octanol–water partition coefficient (Wildman–Crippen LogP) is 6.36. The highest BCUT2D eigenvalue weighted by molar-refractivity contribution is 7.92. The van der Waals surface area contributed by atoms with Crippen LogP contribution in [-0.4, -0.2) is 65.1 Å². The number of nitrogens with zero attached hydrogens (tertiary/aromatic N) is 2. The van der Waals surface area contributed by atoms with Gasteiger partial charge in [-0.3, -0.25) is 13.9 Å². The zero-order chi connectivity index (χ0) is 36.3. The van der Waals surface area contributed by atoms with Crippen LogP contribution in [-0.2, 0) is 32.6 Å². The van der Waals surface area contributed by atoms with Crippen molar-refractivity contribution in [1.29, 1.82) is 0 Å². The summed E-state index contributed by atoms with van der Waals surface area (Å²) in [5.41, 5.74) is 1.78. The first kappa shape index (κ1) is 38.1. The maximum absolute atomic E-state index is 14.7. The van der Waals surface area contributed by atoms with Crippen molar-refractivity contribution in [3.63, 3.8) is 0 Å². The Morgan fingerprint density at radius 1 is 0.840 bits per heavy atom. The lowest BCUT2D eigenvalue weighted by Crippen LogP contribution is -2.53. The molecule has 0 aliphatic rings. The number of anilines is 1. The molecule has 1 N–H and O–H groups in total. The summed E-state index contributed by atoms with van der Waals surface area (Å²) in [4.78, 5) is 30.0. The Hall–Kier alpha value is -4.74. The van der Waals surface area contributed by atoms with E-state index in [4.69, 9.17) is 25.8 Å². The summed E-state index contributed by atoms with van der Waals surface area (Å²) in [6.45, 7) is 6.05. The van der Waals surface area contributed by atoms with Crippen molar-refractivity contribution in [2.24, 2.45) is 5.92 Å². The van der Waals surface area contributed by atoms with Crippen molar-refractivity contribution >= 4 is 39.1 Å². The van der Waals surface area contributed by atoms with Gasteiger partial charge >= 0.3 is 0 Å². The molecule has 1 atom stereocenters. The Morgan fingerprint density at radius 2 is 1.50 bits per heavy atom. The molecule has 0 unspecified atom stereocenters. The molecule has 0 aromatic heterocycles. The lowest BCUT2D eigenvalue weighted by molar-refractivity contribution is -0.140. The molecule has 0 bridgehead atoms. The van der Waals surface area contributed by atoms with Gasteiger partial charge < -0.3 is 24.4 Å². The van der Waals surface area contributed by atoms with Crippen LogP contribution < -0.4 is 23.8 Å². The highest BCUT2D eigenvalue weighted by Crippen LogP contribution is 2.33. The van der Waals surface area contributed by atoms with Crippen LogP contribution in [0, 0.1) is 5.92 Å². The van der Waals surface area contributed by atoms with E-state index < -0.39 is 28.5 Å². The number of sulfonamides is 1. The monoisotopic (exact) mass is 721 g/mol. The molecule has 2 amide bonds. The van der Waals surface area contributed by atoms with Crippen LogP contribution in [0.4, 0.5) is 5.69 Å². The minimum atomic E-state index is -4.38. The molecule has 0 spiro atoms. The normalized spacial score (nSPS) is 11.8. The van der Waals surface area contributed by atoms with Crippen molar-refractivity contribution in [2.45, 2.75) is 44.7 Å². The van der Waals surface area contributed by atoms with E-state index in [0.29, 0.717) is 35.2 Å². The summed E-state index contributed by atoms with van der Waals surface area (Å²) < 4.78 is 46.3. The molecule has 4 rings (SSSR count). The molecular weight excluding hydrogens is 678 g/mol. The first-order chi connectivity index (χ1) is 24.0. The Bertz CT molecular complexity index is 1820. The topological polar surface area (TPSA) is 114 Å². The minimum absolute atomic E-state index is 0.0239. The summed E-state index contributed by atoms with van der Waals surface area (Å²) in [5, 5.41) is 3.51. The smallest absolute Gasteiger partial charge is 0.264 e. The summed E-state index contributed by atoms with van der Waals surface area (Å²) in [6.07, 6.45) is 0.204. The van der Waals surface area contributed by atoms with Crippen molar-refractivity contribution < 1.29 is 32.2 Å². The fraction of sp³-hybridized carbons (Fsp3) is 0.316. The highest BCUT2D eigenvalue weighted by atomic mass is 35.5. The van der Waals surface area contributed by atoms with Crippen LogP contribution in [0.25, 0.3) is 0 Å². The average molecular weight is 722 g/mol. The summed E-state index contributed by atoms with van der Waals surface area (Å²) >= 11 is 6.17. The van der Waals surface area contributed by atoms with Gasteiger partial charge in [0, 0.05) is 30.6 Å². The quantitative estimate of drug-likeness (QED) is 0.135. The summed E-state index contributed by atoms with van der Waals surface area (Å²) in [6, 6.07) is 26.1. The first-order valence-corrected chi connectivity index (χ1v) is 18.1. The fourth-order valence-corrected chi connectivity index (χ4v) is 6.83. The number of nitrogens with one attached hydrogen (secondary N) is 1. The molecule has 12 heteroatoms. The maximum Gasteiger partial charge on any atom is 0.264 e. The molecule has 0 heterocycles. The van der Waals surface area contributed by atoms with E-state index >= 15 is 0 Å². The minimum Gasteiger partial charge on any atom is -0.494 e. The molecule has 0 fully saturated rings. The molecular formula is C38H44ClN3O7S. The average Bonchev–Trinajstić information content (AvgIpc) is 3.12. The third kappa shape index (κ3) is 9.92. The number of carbonyl (C=O) groups is 2. The SMILES string of the molecule is CCOc1ccc(N(CC(=O)N(Cc2ccc(Cl)cc2)[C@@H](Cc2ccccc2)C(=O)NCC(C)C)S(=O)(=O)c2ccc(OC)c(OC)c2)cc1. The van der Waals surface area contributed by atoms with Crippen LogP contribution in [0.2, 0.25) is 5.02 Å². The van der Waals surface area contributed by atoms with Gasteiger partial charge in [-0.15, -0.1) is 0 Å². The second kappa shape index (κ2) is 17.8. The fourth-order valence-electron chi connectivity index (χ4n) is 5.27. The van der Waals surface area contributed by atoms with Crippen molar-refractivity contribution in [3.05, 3.63) is 113 Å². The molecule has 50 heavy (non-hydrogen) atoms. The predicted molar refractivity (Wildman–Crippen MR) is 195 cm³/mol. The van der Waals surface area contributed by atoms with E-state index in [-0.39, 0.29) is 41.1 Å². The van der Waals surface area contributed by atoms with Gasteiger partial charge in [-0.1, -0.05) is 67.9 Å². The molecule has 0 radical (unpaired) electrons. The second-order valence-electron chi connectivity index (χ2n) is 11.9. The van der Waals surface area contributed by atoms with Crippen molar-refractivity contribution in [3.8, 4) is 17.2 Å². The van der Waals surface area contributed by atoms with Gasteiger partial charge in [-0.25, -0.2) is 8.42 Å². The van der Waals surface area contributed by atoms with Gasteiger partial charge in [0.15, 0.2) is 11.5 Å². The Kier molecular flexibility index (Phi) is 13.5. The zero-order valence-electron chi connectivity index (χ0n) is 29.0. The molecule has 4 aromatic rings. The Labute approximate surface area is 300 Å². The summed E-state index contributed by atoms with van der Waals surface area (Å²) in [5.74, 6) is 0.332. The van der Waals surface area contributed by atoms with E-state index in [1.165, 1.54) is 37.3 Å². The standard InChI is InChI=1S/C38H44ClN3O7S/c1-6-49-32-18-16-31(17-19-32)42(50(45,46)33-20-21-35(47-4)36(23-33)48-5)26-37(43)41(25-29-12-14-30(39)15-13-29)34(38(44)40-24-27(2)3)22-28-10-8-7-9-11-28/h7-21,23,27,34H,6,22,24-26H2,1-5H3,(H,40,44)/t34-/m0/s1. The van der Waals surface area contributed by atoms with Crippen LogP contribution in [0.5, 0.6) is 17.2 Å². The molecule has 0 aliphatic carbocycles. The van der Waals surface area contributed by atoms with Gasteiger partial charge in [0.2, 0.25) is 11.8 Å². The summed E-state index contributed by atoms with van der Waals surface area (Å²) in [7, 11) is -1.51. The lowest BCUT2D eigenvalue weighted by Gasteiger charge is -2.34. The third-order valence-corrected chi connectivity index (χ3v) is 9.90. The van der Waals surface area contributed by atoms with E-state index in [1.54, 1.807) is 48.5 Å². The number of benzene rings is 4. The molecule has 266 valence electrons. The van der Waals surface area contributed by atoms with Gasteiger partial charge in [0.25, 0.3) is 10.0 Å². The van der Waals surface area contributed by atoms with Crippen LogP contribution >= 0.6 is 11.6 Å². The number of ether oxygens (including phenoxy) is 3. The number of carbonyl (C=O) groups excluding carboxylic acids is 2. The molecule has 0 saturated heterocycles. The highest BCUT2D eigenvalue weighted by Gasteiger charge is 2.35. The van der Waals surface area contributed by atoms with Gasteiger partial charge in [0.05, 0.1) is 31.4 Å². The molecule has 0 saturated carbocycles. The number of hydrogen-bond acceptors (Lipinski definition) is 7. The Morgan fingerprint density at radius 3 is 2.10 bits per heavy atom. The lowest BCUT2D eigenvalue weighted by atomic mass is 10.0. The second-order valence-corrected chi connectivity index (χ2v) is 14.2. The molecule has 10 nitrogen and oxygen atoms in total. The number of halogens is 1. The number of amides is 2. The largest absolute Gasteiger partial charge is 0.494 e. The van der Waals surface area contributed by atoms with Gasteiger partial charge in [-0.05, 0) is 72.5 Å². The van der Waals surface area contributed by atoms with E-state index in [9.17, 15) is 18.0 Å². The zero-order valence-corrected chi connectivity index (χ0v) is 30.5. The van der Waals surface area contributed by atoms with E-state index in [0.717, 1.165) is 9.87 Å². The first-order valence-electron chi connectivity index (χ1n) is 16.3. The van der Waals surface area contributed by atoms with Gasteiger partial charge in [0.1, 0.15) is 18.3 Å². The number of methoxy groups -OCH3 is 2. The number of hydrogen-bond donors (Lipinski definition) is 1. The maximum atomic E-state index is 14.7.